The first kappa shape index (κ1) is 24.0. The van der Waals surface area contributed by atoms with E-state index in [0.29, 0.717) is 0 Å². The SMILES string of the molecule is C1=NC(n2c3ccccc3c3ccccc32)NC(c2cccc(-c3ccc4c5ccccc5c5ccccc5c4c3)c2)=C1. The number of allylic oxidation sites excluding steroid dienone is 1. The molecule has 1 N–H and O–H groups in total. The lowest BCUT2D eigenvalue weighted by atomic mass is 9.91. The molecule has 0 radical (unpaired) electrons. The average molecular weight is 550 g/mol. The van der Waals surface area contributed by atoms with E-state index in [9.17, 15) is 0 Å². The zero-order chi connectivity index (χ0) is 28.3. The second kappa shape index (κ2) is 9.43. The summed E-state index contributed by atoms with van der Waals surface area (Å²) in [4.78, 5) is 4.87. The van der Waals surface area contributed by atoms with E-state index in [1.807, 2.05) is 6.21 Å². The molecule has 9 rings (SSSR count). The van der Waals surface area contributed by atoms with E-state index in [1.54, 1.807) is 0 Å². The molecular weight excluding hydrogens is 522 g/mol. The van der Waals surface area contributed by atoms with Crippen LogP contribution >= 0.6 is 0 Å². The van der Waals surface area contributed by atoms with Crippen molar-refractivity contribution >= 4 is 66.0 Å². The van der Waals surface area contributed by atoms with Gasteiger partial charge in [0.25, 0.3) is 0 Å². The Morgan fingerprint density at radius 1 is 0.442 bits per heavy atom. The molecule has 0 fully saturated rings. The Hall–Kier alpha value is -5.67. The number of aliphatic imine (C=N–C) groups is 1. The van der Waals surface area contributed by atoms with Crippen molar-refractivity contribution in [2.45, 2.75) is 6.29 Å². The van der Waals surface area contributed by atoms with Crippen LogP contribution in [0, 0.1) is 0 Å². The third-order valence-corrected chi connectivity index (χ3v) is 8.87. The van der Waals surface area contributed by atoms with Crippen LogP contribution in [0.1, 0.15) is 11.9 Å². The number of fused-ring (bicyclic) bond motifs is 9. The van der Waals surface area contributed by atoms with Crippen molar-refractivity contribution in [1.29, 1.82) is 0 Å². The minimum Gasteiger partial charge on any atom is -0.346 e. The van der Waals surface area contributed by atoms with Gasteiger partial charge in [-0.1, -0.05) is 115 Å². The molecule has 1 aliphatic rings. The topological polar surface area (TPSA) is 29.3 Å². The van der Waals surface area contributed by atoms with Gasteiger partial charge in [-0.15, -0.1) is 0 Å². The Kier molecular flexibility index (Phi) is 5.26. The molecule has 8 aromatic rings. The van der Waals surface area contributed by atoms with Crippen LogP contribution in [0.4, 0.5) is 0 Å². The number of aromatic nitrogens is 1. The van der Waals surface area contributed by atoms with Gasteiger partial charge in [0.05, 0.1) is 11.0 Å². The Bertz CT molecular complexity index is 2350. The van der Waals surface area contributed by atoms with Crippen LogP contribution in [0.25, 0.3) is 70.9 Å². The summed E-state index contributed by atoms with van der Waals surface area (Å²) in [5, 5.41) is 14.0. The van der Waals surface area contributed by atoms with Crippen LogP contribution in [0.5, 0.6) is 0 Å². The van der Waals surface area contributed by atoms with Crippen LogP contribution in [-0.4, -0.2) is 10.8 Å². The van der Waals surface area contributed by atoms with Gasteiger partial charge in [-0.2, -0.15) is 0 Å². The fourth-order valence-electron chi connectivity index (χ4n) is 6.90. The van der Waals surface area contributed by atoms with Crippen LogP contribution in [0.15, 0.2) is 151 Å². The third kappa shape index (κ3) is 3.72. The fourth-order valence-corrected chi connectivity index (χ4v) is 6.90. The van der Waals surface area contributed by atoms with Gasteiger partial charge in [-0.25, -0.2) is 4.99 Å². The zero-order valence-electron chi connectivity index (χ0n) is 23.4. The summed E-state index contributed by atoms with van der Waals surface area (Å²) < 4.78 is 2.30. The lowest BCUT2D eigenvalue weighted by Crippen LogP contribution is -2.26. The molecular formula is C40H27N3. The highest BCUT2D eigenvalue weighted by molar-refractivity contribution is 6.25. The van der Waals surface area contributed by atoms with Crippen molar-refractivity contribution < 1.29 is 0 Å². The molecule has 0 amide bonds. The molecule has 1 aromatic heterocycles. The molecule has 3 nitrogen and oxygen atoms in total. The number of hydrogen-bond acceptors (Lipinski definition) is 2. The van der Waals surface area contributed by atoms with Gasteiger partial charge in [-0.05, 0) is 79.3 Å². The minimum atomic E-state index is -0.242. The Morgan fingerprint density at radius 2 is 0.953 bits per heavy atom. The normalized spacial score (nSPS) is 15.0. The molecule has 1 unspecified atom stereocenters. The molecule has 0 saturated carbocycles. The van der Waals surface area contributed by atoms with Crippen molar-refractivity contribution in [1.82, 2.24) is 9.88 Å². The van der Waals surface area contributed by atoms with E-state index in [4.69, 9.17) is 4.99 Å². The van der Waals surface area contributed by atoms with Gasteiger partial charge < -0.3 is 9.88 Å². The van der Waals surface area contributed by atoms with E-state index < -0.39 is 0 Å². The maximum Gasteiger partial charge on any atom is 0.200 e. The zero-order valence-corrected chi connectivity index (χ0v) is 23.4. The summed E-state index contributed by atoms with van der Waals surface area (Å²) in [6, 6.07) is 50.3. The number of benzene rings is 7. The summed E-state index contributed by atoms with van der Waals surface area (Å²) in [5.41, 5.74) is 6.93. The fraction of sp³-hybridized carbons (Fsp3) is 0.0250. The summed E-state index contributed by atoms with van der Waals surface area (Å²) in [5.74, 6) is 0. The molecule has 2 heterocycles. The molecule has 43 heavy (non-hydrogen) atoms. The Labute approximate surface area is 249 Å². The van der Waals surface area contributed by atoms with Crippen LogP contribution in [0.3, 0.4) is 0 Å². The van der Waals surface area contributed by atoms with Crippen LogP contribution in [0.2, 0.25) is 0 Å². The summed E-state index contributed by atoms with van der Waals surface area (Å²) in [7, 11) is 0. The van der Waals surface area contributed by atoms with Gasteiger partial charge in [0.2, 0.25) is 6.29 Å². The van der Waals surface area contributed by atoms with E-state index >= 15 is 0 Å². The first-order valence-corrected chi connectivity index (χ1v) is 14.8. The van der Waals surface area contributed by atoms with Crippen molar-refractivity contribution in [2.24, 2.45) is 4.99 Å². The number of rotatable bonds is 3. The standard InChI is InChI=1S/C40H27N3/c1-2-14-31-29(12-1)30-13-3-4-15-32(30)36-25-27(20-21-33(31)36)26-10-9-11-28(24-26)37-22-23-41-40(42-37)43-38-18-7-5-16-34(38)35-17-6-8-19-39(35)43/h1-25,40,42H. The quantitative estimate of drug-likeness (QED) is 0.218. The van der Waals surface area contributed by atoms with Crippen molar-refractivity contribution in [3.63, 3.8) is 0 Å². The third-order valence-electron chi connectivity index (χ3n) is 8.87. The largest absolute Gasteiger partial charge is 0.346 e. The van der Waals surface area contributed by atoms with Crippen molar-refractivity contribution in [2.75, 3.05) is 0 Å². The molecule has 1 atom stereocenters. The van der Waals surface area contributed by atoms with E-state index in [2.05, 4.69) is 155 Å². The predicted octanol–water partition coefficient (Wildman–Crippen LogP) is 10.1. The van der Waals surface area contributed by atoms with E-state index in [1.165, 1.54) is 65.3 Å². The smallest absolute Gasteiger partial charge is 0.200 e. The molecule has 3 heteroatoms. The number of nitrogens with one attached hydrogen (secondary N) is 1. The van der Waals surface area contributed by atoms with E-state index in [0.717, 1.165) is 11.3 Å². The lowest BCUT2D eigenvalue weighted by Gasteiger charge is -2.24. The Balaban J connectivity index is 1.13. The van der Waals surface area contributed by atoms with Gasteiger partial charge in [0.1, 0.15) is 0 Å². The molecule has 1 aliphatic heterocycles. The highest BCUT2D eigenvalue weighted by Crippen LogP contribution is 2.38. The van der Waals surface area contributed by atoms with Crippen LogP contribution in [-0.2, 0) is 0 Å². The predicted molar refractivity (Wildman–Crippen MR) is 182 cm³/mol. The summed E-state index contributed by atoms with van der Waals surface area (Å²) in [6.07, 6.45) is 3.76. The number of para-hydroxylation sites is 2. The van der Waals surface area contributed by atoms with Crippen molar-refractivity contribution in [3.05, 3.63) is 151 Å². The summed E-state index contributed by atoms with van der Waals surface area (Å²) in [6.45, 7) is 0. The second-order valence-electron chi connectivity index (χ2n) is 11.2. The average Bonchev–Trinajstić information content (AvgIpc) is 3.43. The molecule has 202 valence electrons. The first-order valence-electron chi connectivity index (χ1n) is 14.8. The van der Waals surface area contributed by atoms with Gasteiger partial charge in [0.15, 0.2) is 0 Å². The first-order chi connectivity index (χ1) is 21.3. The van der Waals surface area contributed by atoms with E-state index in [-0.39, 0.29) is 6.29 Å². The maximum absolute atomic E-state index is 4.87. The number of nitrogens with zero attached hydrogens (tertiary/aromatic N) is 2. The molecule has 0 spiro atoms. The Morgan fingerprint density at radius 3 is 1.60 bits per heavy atom. The monoisotopic (exact) mass is 549 g/mol. The highest BCUT2D eigenvalue weighted by Gasteiger charge is 2.20. The molecule has 7 aromatic carbocycles. The summed E-state index contributed by atoms with van der Waals surface area (Å²) >= 11 is 0. The van der Waals surface area contributed by atoms with Gasteiger partial charge in [0, 0.05) is 22.7 Å². The van der Waals surface area contributed by atoms with Gasteiger partial charge in [-0.3, -0.25) is 0 Å². The second-order valence-corrected chi connectivity index (χ2v) is 11.2. The molecule has 0 saturated heterocycles. The van der Waals surface area contributed by atoms with Gasteiger partial charge >= 0.3 is 0 Å². The van der Waals surface area contributed by atoms with Crippen LogP contribution < -0.4 is 5.32 Å². The minimum absolute atomic E-state index is 0.242. The number of hydrogen-bond donors (Lipinski definition) is 1. The lowest BCUT2D eigenvalue weighted by molar-refractivity contribution is 0.510. The maximum atomic E-state index is 4.87. The molecule has 0 bridgehead atoms. The molecule has 0 aliphatic carbocycles. The highest BCUT2D eigenvalue weighted by atomic mass is 15.3. The van der Waals surface area contributed by atoms with Crippen molar-refractivity contribution in [3.8, 4) is 11.1 Å².